The van der Waals surface area contributed by atoms with Crippen molar-refractivity contribution in [1.29, 1.82) is 0 Å². The maximum absolute atomic E-state index is 12.6. The van der Waals surface area contributed by atoms with E-state index in [0.717, 1.165) is 5.56 Å². The summed E-state index contributed by atoms with van der Waals surface area (Å²) in [7, 11) is 1.76. The Balaban J connectivity index is 1.52. The van der Waals surface area contributed by atoms with Crippen LogP contribution in [-0.2, 0) is 16.1 Å². The lowest BCUT2D eigenvalue weighted by Crippen LogP contribution is -2.55. The topological polar surface area (TPSA) is 81.2 Å². The van der Waals surface area contributed by atoms with Crippen molar-refractivity contribution < 1.29 is 19.5 Å². The van der Waals surface area contributed by atoms with Crippen molar-refractivity contribution in [2.24, 2.45) is 5.41 Å². The molecule has 0 bridgehead atoms. The molecule has 0 unspecified atom stereocenters. The van der Waals surface area contributed by atoms with E-state index in [-0.39, 0.29) is 11.9 Å². The smallest absolute Gasteiger partial charge is 0.320 e. The molecule has 3 amide bonds. The zero-order chi connectivity index (χ0) is 18.0. The summed E-state index contributed by atoms with van der Waals surface area (Å²) in [6.07, 6.45) is 0.834. The molecule has 1 aliphatic carbocycles. The van der Waals surface area contributed by atoms with E-state index in [1.807, 2.05) is 30.3 Å². The molecule has 1 saturated heterocycles. The molecule has 7 nitrogen and oxygen atoms in total. The Kier molecular flexibility index (Phi) is 4.65. The summed E-state index contributed by atoms with van der Waals surface area (Å²) in [5.74, 6) is -1.33. The van der Waals surface area contributed by atoms with Gasteiger partial charge in [0, 0.05) is 39.8 Å². The lowest BCUT2D eigenvalue weighted by molar-refractivity contribution is -0.154. The number of piperazine rings is 1. The van der Waals surface area contributed by atoms with Crippen molar-refractivity contribution in [2.75, 3.05) is 33.2 Å². The van der Waals surface area contributed by atoms with Crippen LogP contribution in [0.1, 0.15) is 18.4 Å². The Morgan fingerprint density at radius 3 is 2.12 bits per heavy atom. The molecule has 0 atom stereocenters. The van der Waals surface area contributed by atoms with Gasteiger partial charge in [0.1, 0.15) is 5.41 Å². The summed E-state index contributed by atoms with van der Waals surface area (Å²) in [5.41, 5.74) is -0.139. The average Bonchev–Trinajstić information content (AvgIpc) is 3.43. The first-order chi connectivity index (χ1) is 11.9. The Labute approximate surface area is 146 Å². The van der Waals surface area contributed by atoms with E-state index in [4.69, 9.17) is 0 Å². The van der Waals surface area contributed by atoms with Gasteiger partial charge in [-0.25, -0.2) is 4.79 Å². The highest BCUT2D eigenvalue weighted by molar-refractivity contribution is 6.04. The summed E-state index contributed by atoms with van der Waals surface area (Å²) in [5, 5.41) is 9.24. The molecule has 3 rings (SSSR count). The van der Waals surface area contributed by atoms with Gasteiger partial charge in [0.15, 0.2) is 0 Å². The first-order valence-corrected chi connectivity index (χ1v) is 8.51. The maximum atomic E-state index is 12.6. The number of rotatable bonds is 4. The second-order valence-electron chi connectivity index (χ2n) is 6.79. The van der Waals surface area contributed by atoms with Crippen LogP contribution in [0.2, 0.25) is 0 Å². The predicted molar refractivity (Wildman–Crippen MR) is 90.8 cm³/mol. The van der Waals surface area contributed by atoms with Gasteiger partial charge in [0.25, 0.3) is 0 Å². The normalized spacial score (nSPS) is 18.6. The molecular formula is C18H23N3O4. The Bertz CT molecular complexity index is 664. The average molecular weight is 345 g/mol. The van der Waals surface area contributed by atoms with Gasteiger partial charge in [-0.2, -0.15) is 0 Å². The van der Waals surface area contributed by atoms with Gasteiger partial charge in [-0.05, 0) is 18.4 Å². The van der Waals surface area contributed by atoms with Crippen LogP contribution < -0.4 is 0 Å². The van der Waals surface area contributed by atoms with Crippen molar-refractivity contribution in [3.63, 3.8) is 0 Å². The Morgan fingerprint density at radius 2 is 1.60 bits per heavy atom. The first-order valence-electron chi connectivity index (χ1n) is 8.51. The van der Waals surface area contributed by atoms with Gasteiger partial charge < -0.3 is 19.8 Å². The molecule has 1 N–H and O–H groups in total. The fourth-order valence-corrected chi connectivity index (χ4v) is 3.21. The number of aliphatic carboxylic acids is 1. The van der Waals surface area contributed by atoms with Crippen LogP contribution in [0.15, 0.2) is 30.3 Å². The number of hydrogen-bond acceptors (Lipinski definition) is 3. The molecule has 1 aromatic carbocycles. The summed E-state index contributed by atoms with van der Waals surface area (Å²) >= 11 is 0. The third kappa shape index (κ3) is 3.45. The molecule has 0 radical (unpaired) electrons. The number of carbonyl (C=O) groups is 3. The van der Waals surface area contributed by atoms with Gasteiger partial charge in [-0.15, -0.1) is 0 Å². The van der Waals surface area contributed by atoms with E-state index in [1.54, 1.807) is 21.7 Å². The second-order valence-corrected chi connectivity index (χ2v) is 6.79. The standard InChI is InChI=1S/C18H23N3O4/c1-19(13-14-5-3-2-4-6-14)17(25)21-11-9-20(10-12-21)15(22)18(7-8-18)16(23)24/h2-6H,7-13H2,1H3,(H,23,24). The lowest BCUT2D eigenvalue weighted by atomic mass is 10.1. The molecule has 1 heterocycles. The number of benzene rings is 1. The van der Waals surface area contributed by atoms with Crippen molar-refractivity contribution in [3.05, 3.63) is 35.9 Å². The highest BCUT2D eigenvalue weighted by atomic mass is 16.4. The molecule has 134 valence electrons. The van der Waals surface area contributed by atoms with E-state index in [2.05, 4.69) is 0 Å². The third-order valence-corrected chi connectivity index (χ3v) is 5.00. The lowest BCUT2D eigenvalue weighted by Gasteiger charge is -2.37. The van der Waals surface area contributed by atoms with E-state index >= 15 is 0 Å². The van der Waals surface area contributed by atoms with Gasteiger partial charge in [-0.1, -0.05) is 30.3 Å². The van der Waals surface area contributed by atoms with Gasteiger partial charge in [0.2, 0.25) is 5.91 Å². The molecular weight excluding hydrogens is 322 g/mol. The number of carboxylic acids is 1. The molecule has 2 aliphatic rings. The van der Waals surface area contributed by atoms with Crippen molar-refractivity contribution >= 4 is 17.9 Å². The molecule has 0 aromatic heterocycles. The molecule has 25 heavy (non-hydrogen) atoms. The summed E-state index contributed by atoms with van der Waals surface area (Å²) in [6.45, 7) is 2.16. The first kappa shape index (κ1) is 17.3. The van der Waals surface area contributed by atoms with E-state index in [9.17, 15) is 19.5 Å². The SMILES string of the molecule is CN(Cc1ccccc1)C(=O)N1CCN(C(=O)C2(C(=O)O)CC2)CC1. The van der Waals surface area contributed by atoms with Crippen LogP contribution >= 0.6 is 0 Å². The predicted octanol–water partition coefficient (Wildman–Crippen LogP) is 1.25. The summed E-state index contributed by atoms with van der Waals surface area (Å²) in [4.78, 5) is 41.2. The number of amides is 3. The molecule has 7 heteroatoms. The minimum atomic E-state index is -1.20. The zero-order valence-electron chi connectivity index (χ0n) is 14.4. The van der Waals surface area contributed by atoms with Crippen molar-refractivity contribution in [2.45, 2.75) is 19.4 Å². The number of carbonyl (C=O) groups excluding carboxylic acids is 2. The van der Waals surface area contributed by atoms with Crippen molar-refractivity contribution in [3.8, 4) is 0 Å². The Hall–Kier alpha value is -2.57. The highest BCUT2D eigenvalue weighted by Gasteiger charge is 2.58. The van der Waals surface area contributed by atoms with Gasteiger partial charge >= 0.3 is 12.0 Å². The minimum Gasteiger partial charge on any atom is -0.480 e. The van der Waals surface area contributed by atoms with Crippen LogP contribution in [0.5, 0.6) is 0 Å². The molecule has 2 fully saturated rings. The molecule has 1 aromatic rings. The minimum absolute atomic E-state index is 0.0738. The summed E-state index contributed by atoms with van der Waals surface area (Å²) in [6, 6.07) is 9.69. The summed E-state index contributed by atoms with van der Waals surface area (Å²) < 4.78 is 0. The van der Waals surface area contributed by atoms with E-state index in [1.165, 1.54) is 0 Å². The Morgan fingerprint density at radius 1 is 1.04 bits per heavy atom. The molecule has 1 aliphatic heterocycles. The van der Waals surface area contributed by atoms with Crippen LogP contribution in [0.3, 0.4) is 0 Å². The van der Waals surface area contributed by atoms with Crippen LogP contribution in [0, 0.1) is 5.41 Å². The number of hydrogen-bond donors (Lipinski definition) is 1. The molecule has 0 spiro atoms. The highest BCUT2D eigenvalue weighted by Crippen LogP contribution is 2.47. The largest absolute Gasteiger partial charge is 0.480 e. The monoisotopic (exact) mass is 345 g/mol. The van der Waals surface area contributed by atoms with Crippen LogP contribution in [0.25, 0.3) is 0 Å². The van der Waals surface area contributed by atoms with Gasteiger partial charge in [-0.3, -0.25) is 9.59 Å². The fraction of sp³-hybridized carbons (Fsp3) is 0.500. The van der Waals surface area contributed by atoms with Crippen LogP contribution in [0.4, 0.5) is 4.79 Å². The zero-order valence-corrected chi connectivity index (χ0v) is 14.4. The van der Waals surface area contributed by atoms with Crippen LogP contribution in [-0.4, -0.2) is 70.9 Å². The quantitative estimate of drug-likeness (QED) is 0.833. The fourth-order valence-electron chi connectivity index (χ4n) is 3.21. The third-order valence-electron chi connectivity index (χ3n) is 5.00. The maximum Gasteiger partial charge on any atom is 0.320 e. The van der Waals surface area contributed by atoms with Gasteiger partial charge in [0.05, 0.1) is 0 Å². The second kappa shape index (κ2) is 6.74. The van der Waals surface area contributed by atoms with E-state index in [0.29, 0.717) is 45.6 Å². The number of urea groups is 1. The van der Waals surface area contributed by atoms with Crippen molar-refractivity contribution in [1.82, 2.24) is 14.7 Å². The van der Waals surface area contributed by atoms with E-state index < -0.39 is 11.4 Å². The number of carboxylic acid groups (broad SMARTS) is 1. The molecule has 1 saturated carbocycles. The number of nitrogens with zero attached hydrogens (tertiary/aromatic N) is 3.